The lowest BCUT2D eigenvalue weighted by Crippen LogP contribution is -2.44. The van der Waals surface area contributed by atoms with Crippen LogP contribution in [0.3, 0.4) is 0 Å². The summed E-state index contributed by atoms with van der Waals surface area (Å²) in [6, 6.07) is 2.53. The van der Waals surface area contributed by atoms with Crippen molar-refractivity contribution in [3.05, 3.63) is 18.5 Å². The Hall–Kier alpha value is -1.16. The van der Waals surface area contributed by atoms with Crippen molar-refractivity contribution >= 4 is 5.95 Å². The summed E-state index contributed by atoms with van der Waals surface area (Å²) in [5, 5.41) is 3.68. The maximum Gasteiger partial charge on any atom is 0.225 e. The van der Waals surface area contributed by atoms with Gasteiger partial charge in [0.1, 0.15) is 0 Å². The Morgan fingerprint density at radius 1 is 1.33 bits per heavy atom. The predicted molar refractivity (Wildman–Crippen MR) is 74.7 cm³/mol. The van der Waals surface area contributed by atoms with Gasteiger partial charge in [-0.2, -0.15) is 0 Å². The Morgan fingerprint density at radius 3 is 2.61 bits per heavy atom. The minimum Gasteiger partial charge on any atom is -0.341 e. The molecule has 1 aliphatic rings. The van der Waals surface area contributed by atoms with Crippen LogP contribution in [0, 0.1) is 5.92 Å². The lowest BCUT2D eigenvalue weighted by Gasteiger charge is -2.32. The van der Waals surface area contributed by atoms with E-state index in [4.69, 9.17) is 0 Å². The fourth-order valence-electron chi connectivity index (χ4n) is 2.25. The van der Waals surface area contributed by atoms with Crippen molar-refractivity contribution in [1.29, 1.82) is 0 Å². The summed E-state index contributed by atoms with van der Waals surface area (Å²) in [5.74, 6) is 1.65. The van der Waals surface area contributed by atoms with E-state index in [0.717, 1.165) is 31.5 Å². The minimum absolute atomic E-state index is 0.666. The third kappa shape index (κ3) is 3.67. The van der Waals surface area contributed by atoms with Gasteiger partial charge >= 0.3 is 0 Å². The van der Waals surface area contributed by atoms with E-state index in [-0.39, 0.29) is 0 Å². The smallest absolute Gasteiger partial charge is 0.225 e. The van der Waals surface area contributed by atoms with Crippen LogP contribution < -0.4 is 10.2 Å². The molecule has 100 valence electrons. The summed E-state index contributed by atoms with van der Waals surface area (Å²) in [6.45, 7) is 7.81. The maximum atomic E-state index is 4.31. The van der Waals surface area contributed by atoms with E-state index in [1.807, 2.05) is 18.5 Å². The molecule has 1 N–H and O–H groups in total. The van der Waals surface area contributed by atoms with Crippen LogP contribution in [0.2, 0.25) is 0 Å². The van der Waals surface area contributed by atoms with Crippen molar-refractivity contribution in [3.8, 4) is 0 Å². The van der Waals surface area contributed by atoms with Gasteiger partial charge in [0.2, 0.25) is 5.95 Å². The van der Waals surface area contributed by atoms with E-state index in [0.29, 0.717) is 6.04 Å². The number of rotatable bonds is 5. The largest absolute Gasteiger partial charge is 0.341 e. The molecule has 1 aromatic heterocycles. The van der Waals surface area contributed by atoms with Gasteiger partial charge in [-0.1, -0.05) is 20.3 Å². The lowest BCUT2D eigenvalue weighted by atomic mass is 10.0. The topological polar surface area (TPSA) is 41.0 Å². The van der Waals surface area contributed by atoms with Gasteiger partial charge in [0.25, 0.3) is 0 Å². The molecule has 1 unspecified atom stereocenters. The van der Waals surface area contributed by atoms with Crippen LogP contribution in [0.25, 0.3) is 0 Å². The highest BCUT2D eigenvalue weighted by Crippen LogP contribution is 2.15. The lowest BCUT2D eigenvalue weighted by molar-refractivity contribution is 0.379. The maximum absolute atomic E-state index is 4.31. The first kappa shape index (κ1) is 13.3. The number of piperidine rings is 1. The van der Waals surface area contributed by atoms with Crippen molar-refractivity contribution in [2.75, 3.05) is 24.5 Å². The van der Waals surface area contributed by atoms with E-state index in [1.54, 1.807) is 0 Å². The number of nitrogens with zero attached hydrogens (tertiary/aromatic N) is 3. The highest BCUT2D eigenvalue weighted by molar-refractivity contribution is 5.29. The Labute approximate surface area is 110 Å². The average molecular weight is 248 g/mol. The van der Waals surface area contributed by atoms with Gasteiger partial charge in [-0.15, -0.1) is 0 Å². The molecule has 0 radical (unpaired) electrons. The van der Waals surface area contributed by atoms with Gasteiger partial charge in [0.05, 0.1) is 0 Å². The molecule has 0 aliphatic carbocycles. The van der Waals surface area contributed by atoms with Gasteiger partial charge in [-0.25, -0.2) is 9.97 Å². The molecule has 1 saturated heterocycles. The number of aromatic nitrogens is 2. The summed E-state index contributed by atoms with van der Waals surface area (Å²) in [5.41, 5.74) is 0. The highest BCUT2D eigenvalue weighted by atomic mass is 15.3. The molecule has 18 heavy (non-hydrogen) atoms. The van der Waals surface area contributed by atoms with E-state index in [9.17, 15) is 0 Å². The number of hydrogen-bond acceptors (Lipinski definition) is 4. The number of anilines is 1. The molecule has 0 spiro atoms. The van der Waals surface area contributed by atoms with E-state index in [1.165, 1.54) is 19.3 Å². The molecule has 1 aliphatic heterocycles. The van der Waals surface area contributed by atoms with Crippen molar-refractivity contribution in [3.63, 3.8) is 0 Å². The second-order valence-electron chi connectivity index (χ2n) is 5.23. The van der Waals surface area contributed by atoms with Crippen molar-refractivity contribution in [1.82, 2.24) is 15.3 Å². The van der Waals surface area contributed by atoms with Crippen molar-refractivity contribution < 1.29 is 0 Å². The summed E-state index contributed by atoms with van der Waals surface area (Å²) in [7, 11) is 0. The first-order valence-corrected chi connectivity index (χ1v) is 7.05. The van der Waals surface area contributed by atoms with E-state index in [2.05, 4.69) is 34.0 Å². The molecule has 4 nitrogen and oxygen atoms in total. The first-order valence-electron chi connectivity index (χ1n) is 7.05. The second-order valence-corrected chi connectivity index (χ2v) is 5.23. The molecular formula is C14H24N4. The summed E-state index contributed by atoms with van der Waals surface area (Å²) in [6.07, 6.45) is 7.26. The van der Waals surface area contributed by atoms with Crippen LogP contribution in [-0.2, 0) is 0 Å². The van der Waals surface area contributed by atoms with Crippen LogP contribution in [0.5, 0.6) is 0 Å². The molecule has 2 rings (SSSR count). The Bertz CT molecular complexity index is 333. The average Bonchev–Trinajstić information content (AvgIpc) is 2.46. The van der Waals surface area contributed by atoms with Crippen LogP contribution >= 0.6 is 0 Å². The summed E-state index contributed by atoms with van der Waals surface area (Å²) < 4.78 is 0. The quantitative estimate of drug-likeness (QED) is 0.866. The first-order chi connectivity index (χ1) is 8.79. The van der Waals surface area contributed by atoms with E-state index < -0.39 is 0 Å². The second kappa shape index (κ2) is 6.69. The van der Waals surface area contributed by atoms with Gasteiger partial charge < -0.3 is 10.2 Å². The van der Waals surface area contributed by atoms with Crippen molar-refractivity contribution in [2.45, 2.75) is 39.2 Å². The zero-order valence-corrected chi connectivity index (χ0v) is 11.5. The molecular weight excluding hydrogens is 224 g/mol. The van der Waals surface area contributed by atoms with Gasteiger partial charge in [0.15, 0.2) is 0 Å². The molecule has 0 aromatic carbocycles. The SMILES string of the molecule is CCC(C)CNC1CCN(c2ncccn2)CC1. The molecule has 0 amide bonds. The normalized spacial score (nSPS) is 18.9. The zero-order valence-electron chi connectivity index (χ0n) is 11.5. The van der Waals surface area contributed by atoms with Crippen LogP contribution in [0.15, 0.2) is 18.5 Å². The molecule has 1 aromatic rings. The molecule has 1 atom stereocenters. The van der Waals surface area contributed by atoms with Gasteiger partial charge in [0, 0.05) is 31.5 Å². The van der Waals surface area contributed by atoms with Crippen LogP contribution in [0.4, 0.5) is 5.95 Å². The van der Waals surface area contributed by atoms with Crippen LogP contribution in [0.1, 0.15) is 33.1 Å². The predicted octanol–water partition coefficient (Wildman–Crippen LogP) is 2.08. The molecule has 4 heteroatoms. The standard InChI is InChI=1S/C14H24N4/c1-3-12(2)11-17-13-5-9-18(10-6-13)14-15-7-4-8-16-14/h4,7-8,12-13,17H,3,5-6,9-11H2,1-2H3. The molecule has 1 fully saturated rings. The summed E-state index contributed by atoms with van der Waals surface area (Å²) in [4.78, 5) is 10.9. The third-order valence-electron chi connectivity index (χ3n) is 3.78. The zero-order chi connectivity index (χ0) is 12.8. The number of hydrogen-bond donors (Lipinski definition) is 1. The van der Waals surface area contributed by atoms with Gasteiger partial charge in [-0.05, 0) is 31.4 Å². The Morgan fingerprint density at radius 2 is 2.00 bits per heavy atom. The fourth-order valence-corrected chi connectivity index (χ4v) is 2.25. The summed E-state index contributed by atoms with van der Waals surface area (Å²) >= 11 is 0. The highest BCUT2D eigenvalue weighted by Gasteiger charge is 2.20. The van der Waals surface area contributed by atoms with Gasteiger partial charge in [-0.3, -0.25) is 0 Å². The fraction of sp³-hybridized carbons (Fsp3) is 0.714. The Balaban J connectivity index is 1.75. The molecule has 0 saturated carbocycles. The third-order valence-corrected chi connectivity index (χ3v) is 3.78. The minimum atomic E-state index is 0.666. The molecule has 2 heterocycles. The molecule has 0 bridgehead atoms. The van der Waals surface area contributed by atoms with Crippen molar-refractivity contribution in [2.24, 2.45) is 5.92 Å². The Kier molecular flexibility index (Phi) is 4.93. The van der Waals surface area contributed by atoms with E-state index >= 15 is 0 Å². The van der Waals surface area contributed by atoms with Crippen LogP contribution in [-0.4, -0.2) is 35.6 Å². The number of nitrogens with one attached hydrogen (secondary N) is 1. The monoisotopic (exact) mass is 248 g/mol.